The molecule has 0 aliphatic carbocycles. The monoisotopic (exact) mass is 301 g/mol. The number of hydrogen-bond acceptors (Lipinski definition) is 5. The molecule has 0 unspecified atom stereocenters. The lowest BCUT2D eigenvalue weighted by Gasteiger charge is -2.14. The summed E-state index contributed by atoms with van der Waals surface area (Å²) in [5, 5.41) is 0. The predicted octanol–water partition coefficient (Wildman–Crippen LogP) is 1.94. The number of aromatic nitrogens is 3. The van der Waals surface area contributed by atoms with Crippen LogP contribution in [-0.2, 0) is 0 Å². The zero-order valence-corrected chi connectivity index (χ0v) is 12.4. The van der Waals surface area contributed by atoms with Gasteiger partial charge in [0.25, 0.3) is 0 Å². The molecule has 2 aromatic heterocycles. The third-order valence-corrected chi connectivity index (χ3v) is 3.40. The summed E-state index contributed by atoms with van der Waals surface area (Å²) < 4.78 is 16.0. The Morgan fingerprint density at radius 2 is 1.68 bits per heavy atom. The smallest absolute Gasteiger partial charge is 0.325 e. The van der Waals surface area contributed by atoms with Gasteiger partial charge in [-0.25, -0.2) is 9.78 Å². The Morgan fingerprint density at radius 3 is 2.27 bits per heavy atom. The Labute approximate surface area is 125 Å². The molecule has 0 amide bonds. The van der Waals surface area contributed by atoms with E-state index in [9.17, 15) is 4.79 Å². The number of rotatable bonds is 4. The molecule has 3 rings (SSSR count). The van der Waals surface area contributed by atoms with Gasteiger partial charge < -0.3 is 19.2 Å². The topological polar surface area (TPSA) is 89.2 Å². The lowest BCUT2D eigenvalue weighted by molar-refractivity contribution is 0.324. The van der Waals surface area contributed by atoms with E-state index in [0.717, 1.165) is 11.1 Å². The molecule has 7 heteroatoms. The SMILES string of the molecule is COc1cc(-c2ccnc3[nH]c(=O)[nH]c23)cc(OC)c1OC. The molecule has 2 N–H and O–H groups in total. The number of pyridine rings is 1. The van der Waals surface area contributed by atoms with E-state index in [4.69, 9.17) is 14.2 Å². The van der Waals surface area contributed by atoms with E-state index in [1.807, 2.05) is 18.2 Å². The van der Waals surface area contributed by atoms with Gasteiger partial charge in [0.2, 0.25) is 5.75 Å². The van der Waals surface area contributed by atoms with E-state index in [1.165, 1.54) is 0 Å². The minimum absolute atomic E-state index is 0.303. The summed E-state index contributed by atoms with van der Waals surface area (Å²) in [5.41, 5.74) is 2.44. The van der Waals surface area contributed by atoms with E-state index < -0.39 is 0 Å². The molecule has 0 saturated heterocycles. The van der Waals surface area contributed by atoms with Gasteiger partial charge in [-0.2, -0.15) is 0 Å². The Morgan fingerprint density at radius 1 is 1.00 bits per heavy atom. The molecule has 0 aliphatic rings. The maximum atomic E-state index is 11.5. The summed E-state index contributed by atoms with van der Waals surface area (Å²) in [7, 11) is 4.66. The van der Waals surface area contributed by atoms with Crippen LogP contribution in [0.2, 0.25) is 0 Å². The quantitative estimate of drug-likeness (QED) is 0.768. The van der Waals surface area contributed by atoms with Crippen LogP contribution in [-0.4, -0.2) is 36.3 Å². The fourth-order valence-electron chi connectivity index (χ4n) is 2.41. The van der Waals surface area contributed by atoms with Crippen molar-refractivity contribution < 1.29 is 14.2 Å². The highest BCUT2D eigenvalue weighted by Crippen LogP contribution is 2.41. The second-order valence-electron chi connectivity index (χ2n) is 4.58. The van der Waals surface area contributed by atoms with E-state index >= 15 is 0 Å². The van der Waals surface area contributed by atoms with Gasteiger partial charge in [0.15, 0.2) is 17.1 Å². The van der Waals surface area contributed by atoms with Crippen LogP contribution in [0.3, 0.4) is 0 Å². The Hall–Kier alpha value is -2.96. The van der Waals surface area contributed by atoms with E-state index in [-0.39, 0.29) is 5.69 Å². The lowest BCUT2D eigenvalue weighted by atomic mass is 10.0. The molecule has 0 saturated carbocycles. The van der Waals surface area contributed by atoms with Crippen molar-refractivity contribution >= 4 is 11.2 Å². The first-order chi connectivity index (χ1) is 10.7. The molecule has 1 aromatic carbocycles. The third-order valence-electron chi connectivity index (χ3n) is 3.40. The van der Waals surface area contributed by atoms with Crippen molar-refractivity contribution in [1.29, 1.82) is 0 Å². The highest BCUT2D eigenvalue weighted by Gasteiger charge is 2.16. The maximum Gasteiger partial charge on any atom is 0.325 e. The van der Waals surface area contributed by atoms with E-state index in [2.05, 4.69) is 15.0 Å². The molecule has 0 bridgehead atoms. The van der Waals surface area contributed by atoms with E-state index in [0.29, 0.717) is 28.4 Å². The van der Waals surface area contributed by atoms with Crippen molar-refractivity contribution in [3.05, 3.63) is 34.9 Å². The molecule has 3 aromatic rings. The van der Waals surface area contributed by atoms with Crippen LogP contribution < -0.4 is 19.9 Å². The minimum atomic E-state index is -0.303. The molecule has 2 heterocycles. The summed E-state index contributed by atoms with van der Waals surface area (Å²) in [6.07, 6.45) is 1.63. The molecule has 0 spiro atoms. The van der Waals surface area contributed by atoms with Gasteiger partial charge in [0.1, 0.15) is 0 Å². The highest BCUT2D eigenvalue weighted by atomic mass is 16.5. The van der Waals surface area contributed by atoms with Gasteiger partial charge in [0, 0.05) is 11.8 Å². The zero-order chi connectivity index (χ0) is 15.7. The number of fused-ring (bicyclic) bond motifs is 1. The Balaban J connectivity index is 2.28. The normalized spacial score (nSPS) is 10.7. The second-order valence-corrected chi connectivity index (χ2v) is 4.58. The number of imidazole rings is 1. The number of aromatic amines is 2. The number of methoxy groups -OCH3 is 3. The zero-order valence-electron chi connectivity index (χ0n) is 12.4. The largest absolute Gasteiger partial charge is 0.493 e. The van der Waals surface area contributed by atoms with Crippen LogP contribution in [0.25, 0.3) is 22.3 Å². The third kappa shape index (κ3) is 2.16. The first-order valence-electron chi connectivity index (χ1n) is 6.55. The van der Waals surface area contributed by atoms with Crippen LogP contribution >= 0.6 is 0 Å². The van der Waals surface area contributed by atoms with Crippen molar-refractivity contribution in [2.75, 3.05) is 21.3 Å². The van der Waals surface area contributed by atoms with Crippen LogP contribution in [0, 0.1) is 0 Å². The predicted molar refractivity (Wildman–Crippen MR) is 81.8 cm³/mol. The fourth-order valence-corrected chi connectivity index (χ4v) is 2.41. The number of H-pyrrole nitrogens is 2. The minimum Gasteiger partial charge on any atom is -0.493 e. The molecule has 0 fully saturated rings. The number of ether oxygens (including phenoxy) is 3. The molecule has 0 aliphatic heterocycles. The molecular weight excluding hydrogens is 286 g/mol. The molecule has 22 heavy (non-hydrogen) atoms. The van der Waals surface area contributed by atoms with Crippen LogP contribution in [0.1, 0.15) is 0 Å². The van der Waals surface area contributed by atoms with E-state index in [1.54, 1.807) is 27.5 Å². The van der Waals surface area contributed by atoms with Gasteiger partial charge in [0.05, 0.1) is 26.8 Å². The lowest BCUT2D eigenvalue weighted by Crippen LogP contribution is -1.99. The summed E-state index contributed by atoms with van der Waals surface area (Å²) >= 11 is 0. The van der Waals surface area contributed by atoms with Crippen LogP contribution in [0.5, 0.6) is 17.2 Å². The van der Waals surface area contributed by atoms with Gasteiger partial charge in [-0.1, -0.05) is 0 Å². The average Bonchev–Trinajstić information content (AvgIpc) is 2.93. The first kappa shape index (κ1) is 14.0. The number of hydrogen-bond donors (Lipinski definition) is 2. The number of benzene rings is 1. The molecular formula is C15H15N3O4. The second kappa shape index (κ2) is 5.44. The first-order valence-corrected chi connectivity index (χ1v) is 6.55. The highest BCUT2D eigenvalue weighted by molar-refractivity contribution is 5.90. The molecule has 0 atom stereocenters. The van der Waals surface area contributed by atoms with Crippen molar-refractivity contribution in [1.82, 2.24) is 15.0 Å². The fraction of sp³-hybridized carbons (Fsp3) is 0.200. The van der Waals surface area contributed by atoms with Crippen LogP contribution in [0.15, 0.2) is 29.2 Å². The summed E-state index contributed by atoms with van der Waals surface area (Å²) in [4.78, 5) is 21.0. The standard InChI is InChI=1S/C15H15N3O4/c1-20-10-6-8(7-11(21-2)13(10)22-3)9-4-5-16-14-12(9)17-15(19)18-14/h4-7H,1-3H3,(H2,16,17,18,19). The van der Waals surface area contributed by atoms with Crippen molar-refractivity contribution in [2.45, 2.75) is 0 Å². The van der Waals surface area contributed by atoms with Gasteiger partial charge in [-0.05, 0) is 23.8 Å². The van der Waals surface area contributed by atoms with Gasteiger partial charge in [-0.3, -0.25) is 4.98 Å². The number of nitrogens with one attached hydrogen (secondary N) is 2. The Bertz CT molecular complexity index is 857. The molecule has 0 radical (unpaired) electrons. The number of nitrogens with zero attached hydrogens (tertiary/aromatic N) is 1. The Kier molecular flexibility index (Phi) is 3.46. The molecule has 114 valence electrons. The average molecular weight is 301 g/mol. The molecule has 7 nitrogen and oxygen atoms in total. The van der Waals surface area contributed by atoms with Gasteiger partial charge in [-0.15, -0.1) is 0 Å². The van der Waals surface area contributed by atoms with Crippen LogP contribution in [0.4, 0.5) is 0 Å². The summed E-state index contributed by atoms with van der Waals surface area (Å²) in [6.45, 7) is 0. The maximum absolute atomic E-state index is 11.5. The summed E-state index contributed by atoms with van der Waals surface area (Å²) in [5.74, 6) is 1.60. The summed E-state index contributed by atoms with van der Waals surface area (Å²) in [6, 6.07) is 5.45. The van der Waals surface area contributed by atoms with Crippen molar-refractivity contribution in [3.8, 4) is 28.4 Å². The van der Waals surface area contributed by atoms with Crippen molar-refractivity contribution in [3.63, 3.8) is 0 Å². The van der Waals surface area contributed by atoms with Crippen molar-refractivity contribution in [2.24, 2.45) is 0 Å². The van der Waals surface area contributed by atoms with Gasteiger partial charge >= 0.3 is 5.69 Å².